The number of rotatable bonds is 4. The van der Waals surface area contributed by atoms with Gasteiger partial charge in [-0.1, -0.05) is 42.0 Å². The molecule has 0 saturated carbocycles. The summed E-state index contributed by atoms with van der Waals surface area (Å²) in [4.78, 5) is 8.36. The lowest BCUT2D eigenvalue weighted by atomic mass is 10.0. The number of carbonyl (C=O) groups is 1. The Balaban J connectivity index is 0.000000755. The number of halogens is 2. The van der Waals surface area contributed by atoms with Crippen LogP contribution >= 0.6 is 0 Å². The van der Waals surface area contributed by atoms with Crippen LogP contribution in [0.1, 0.15) is 11.1 Å². The molecule has 0 spiro atoms. The lowest BCUT2D eigenvalue weighted by molar-refractivity contribution is -0.122. The van der Waals surface area contributed by atoms with Crippen molar-refractivity contribution in [1.82, 2.24) is 0 Å². The van der Waals surface area contributed by atoms with Crippen molar-refractivity contribution in [2.75, 3.05) is 0 Å². The number of hydrogen-bond donors (Lipinski definition) is 1. The van der Waals surface area contributed by atoms with Gasteiger partial charge in [-0.15, -0.1) is 0 Å². The van der Waals surface area contributed by atoms with Crippen LogP contribution in [0, 0.1) is 18.6 Å². The van der Waals surface area contributed by atoms with Crippen LogP contribution in [0.2, 0.25) is 0 Å². The summed E-state index contributed by atoms with van der Waals surface area (Å²) in [6.07, 6.45) is 1.36. The first-order valence-electron chi connectivity index (χ1n) is 8.75. The monoisotopic (exact) mass is 396 g/mol. The highest BCUT2D eigenvalue weighted by Crippen LogP contribution is 2.33. The highest BCUT2D eigenvalue weighted by Gasteiger charge is 2.15. The van der Waals surface area contributed by atoms with Gasteiger partial charge in [-0.2, -0.15) is 0 Å². The molecule has 4 nitrogen and oxygen atoms in total. The lowest BCUT2D eigenvalue weighted by Crippen LogP contribution is -1.95. The van der Waals surface area contributed by atoms with Crippen LogP contribution in [0.15, 0.2) is 71.3 Å². The molecule has 1 heterocycles. The Morgan fingerprint density at radius 3 is 2.48 bits per heavy atom. The van der Waals surface area contributed by atoms with E-state index >= 15 is 0 Å². The summed E-state index contributed by atoms with van der Waals surface area (Å²) < 4.78 is 38.8. The minimum atomic E-state index is -0.895. The fourth-order valence-corrected chi connectivity index (χ4v) is 2.99. The van der Waals surface area contributed by atoms with Gasteiger partial charge in [0.25, 0.3) is 6.47 Å². The molecule has 0 aliphatic rings. The van der Waals surface area contributed by atoms with Gasteiger partial charge in [0.2, 0.25) is 0 Å². The average Bonchev–Trinajstić information content (AvgIpc) is 3.21. The van der Waals surface area contributed by atoms with Gasteiger partial charge < -0.3 is 14.3 Å². The normalized spacial score (nSPS) is 10.3. The van der Waals surface area contributed by atoms with E-state index < -0.39 is 11.6 Å². The number of furan rings is 1. The molecule has 4 aromatic rings. The second kappa shape index (κ2) is 9.01. The minimum Gasteiger partial charge on any atom is -0.489 e. The number of fused-ring (bicyclic) bond motifs is 1. The van der Waals surface area contributed by atoms with Gasteiger partial charge in [0.05, 0.1) is 11.6 Å². The molecule has 0 saturated heterocycles. The molecule has 0 radical (unpaired) electrons. The largest absolute Gasteiger partial charge is 0.489 e. The van der Waals surface area contributed by atoms with Gasteiger partial charge >= 0.3 is 0 Å². The van der Waals surface area contributed by atoms with E-state index in [4.69, 9.17) is 19.1 Å². The Morgan fingerprint density at radius 1 is 1.07 bits per heavy atom. The lowest BCUT2D eigenvalue weighted by Gasteiger charge is -2.09. The van der Waals surface area contributed by atoms with E-state index in [-0.39, 0.29) is 11.9 Å². The van der Waals surface area contributed by atoms with Gasteiger partial charge in [0.15, 0.2) is 11.6 Å². The van der Waals surface area contributed by atoms with Crippen LogP contribution in [-0.4, -0.2) is 11.6 Å². The summed E-state index contributed by atoms with van der Waals surface area (Å²) in [6.45, 7) is 2.25. The molecular formula is C23H18F2O4. The highest BCUT2D eigenvalue weighted by molar-refractivity contribution is 5.93. The van der Waals surface area contributed by atoms with E-state index in [1.807, 2.05) is 25.1 Å². The summed E-state index contributed by atoms with van der Waals surface area (Å²) in [6, 6.07) is 17.9. The topological polar surface area (TPSA) is 59.7 Å². The van der Waals surface area contributed by atoms with Crippen molar-refractivity contribution in [3.05, 3.63) is 89.7 Å². The SMILES string of the molecule is Cc1cccc(COc2ccc(-c3cc(F)c(F)c4ccoc34)cc2)c1.O=CO. The van der Waals surface area contributed by atoms with Crippen molar-refractivity contribution in [2.45, 2.75) is 13.5 Å². The zero-order valence-corrected chi connectivity index (χ0v) is 15.6. The first kappa shape index (κ1) is 20.1. The fraction of sp³-hybridized carbons (Fsp3) is 0.0870. The fourth-order valence-electron chi connectivity index (χ4n) is 2.99. The molecule has 6 heteroatoms. The second-order valence-corrected chi connectivity index (χ2v) is 6.29. The van der Waals surface area contributed by atoms with Gasteiger partial charge in [0, 0.05) is 5.56 Å². The van der Waals surface area contributed by atoms with Crippen molar-refractivity contribution in [2.24, 2.45) is 0 Å². The first-order valence-corrected chi connectivity index (χ1v) is 8.75. The molecule has 4 rings (SSSR count). The maximum absolute atomic E-state index is 13.9. The zero-order valence-electron chi connectivity index (χ0n) is 15.6. The Kier molecular flexibility index (Phi) is 6.24. The van der Waals surface area contributed by atoms with Crippen LogP contribution in [-0.2, 0) is 11.4 Å². The molecule has 0 bridgehead atoms. The molecule has 0 fully saturated rings. The maximum atomic E-state index is 13.9. The highest BCUT2D eigenvalue weighted by atomic mass is 19.2. The molecule has 0 aliphatic heterocycles. The van der Waals surface area contributed by atoms with E-state index in [0.29, 0.717) is 23.5 Å². The summed E-state index contributed by atoms with van der Waals surface area (Å²) in [5.74, 6) is -1.09. The average molecular weight is 396 g/mol. The van der Waals surface area contributed by atoms with Crippen molar-refractivity contribution < 1.29 is 27.8 Å². The van der Waals surface area contributed by atoms with Crippen LogP contribution in [0.5, 0.6) is 5.75 Å². The van der Waals surface area contributed by atoms with Crippen LogP contribution < -0.4 is 4.74 Å². The second-order valence-electron chi connectivity index (χ2n) is 6.29. The van der Waals surface area contributed by atoms with Crippen molar-refractivity contribution >= 4 is 17.4 Å². The number of aryl methyl sites for hydroxylation is 1. The Labute approximate surface area is 166 Å². The van der Waals surface area contributed by atoms with Crippen LogP contribution in [0.4, 0.5) is 8.78 Å². The predicted molar refractivity (Wildman–Crippen MR) is 106 cm³/mol. The standard InChI is InChI=1S/C22H16F2O2.CH2O2/c1-14-3-2-4-15(11-14)13-26-17-7-5-16(6-8-17)19-12-20(23)21(24)18-9-10-25-22(18)19;2-1-3/h2-12H,13H2,1H3;1H,(H,2,3). The summed E-state index contributed by atoms with van der Waals surface area (Å²) in [7, 11) is 0. The molecule has 0 unspecified atom stereocenters. The molecule has 148 valence electrons. The van der Waals surface area contributed by atoms with E-state index in [1.165, 1.54) is 17.9 Å². The Morgan fingerprint density at radius 2 is 1.79 bits per heavy atom. The van der Waals surface area contributed by atoms with Gasteiger partial charge in [-0.05, 0) is 42.3 Å². The molecule has 3 aromatic carbocycles. The molecule has 29 heavy (non-hydrogen) atoms. The quantitative estimate of drug-likeness (QED) is 0.432. The van der Waals surface area contributed by atoms with Gasteiger partial charge in [0.1, 0.15) is 17.9 Å². The third kappa shape index (κ3) is 4.60. The van der Waals surface area contributed by atoms with E-state index in [1.54, 1.807) is 24.3 Å². The third-order valence-electron chi connectivity index (χ3n) is 4.28. The smallest absolute Gasteiger partial charge is 0.290 e. The van der Waals surface area contributed by atoms with E-state index in [0.717, 1.165) is 17.2 Å². The Hall–Kier alpha value is -3.67. The molecule has 1 N–H and O–H groups in total. The number of carboxylic acid groups (broad SMARTS) is 1. The van der Waals surface area contributed by atoms with Crippen molar-refractivity contribution in [1.29, 1.82) is 0 Å². The Bertz CT molecular complexity index is 1120. The molecule has 0 atom stereocenters. The van der Waals surface area contributed by atoms with Crippen molar-refractivity contribution in [3.8, 4) is 16.9 Å². The van der Waals surface area contributed by atoms with E-state index in [9.17, 15) is 8.78 Å². The minimum absolute atomic E-state index is 0.139. The zero-order chi connectivity index (χ0) is 20.8. The number of hydrogen-bond acceptors (Lipinski definition) is 3. The van der Waals surface area contributed by atoms with Crippen molar-refractivity contribution in [3.63, 3.8) is 0 Å². The molecule has 1 aromatic heterocycles. The van der Waals surface area contributed by atoms with Gasteiger partial charge in [-0.25, -0.2) is 8.78 Å². The van der Waals surface area contributed by atoms with E-state index in [2.05, 4.69) is 6.07 Å². The summed E-state index contributed by atoms with van der Waals surface area (Å²) in [5.41, 5.74) is 3.84. The molecule has 0 amide bonds. The van der Waals surface area contributed by atoms with Crippen LogP contribution in [0.25, 0.3) is 22.1 Å². The van der Waals surface area contributed by atoms with Gasteiger partial charge in [-0.3, -0.25) is 4.79 Å². The van der Waals surface area contributed by atoms with Crippen LogP contribution in [0.3, 0.4) is 0 Å². The first-order chi connectivity index (χ1) is 14.0. The third-order valence-corrected chi connectivity index (χ3v) is 4.28. The number of benzene rings is 3. The summed E-state index contributed by atoms with van der Waals surface area (Å²) in [5, 5.41) is 7.03. The number of ether oxygens (including phenoxy) is 1. The maximum Gasteiger partial charge on any atom is 0.290 e. The summed E-state index contributed by atoms with van der Waals surface area (Å²) >= 11 is 0. The predicted octanol–water partition coefficient (Wildman–Crippen LogP) is 5.97. The molecular weight excluding hydrogens is 378 g/mol. The molecule has 0 aliphatic carbocycles.